The minimum absolute atomic E-state index is 0.438. The lowest BCUT2D eigenvalue weighted by atomic mass is 10.0. The van der Waals surface area contributed by atoms with Crippen LogP contribution >= 0.6 is 11.3 Å². The minimum Gasteiger partial charge on any atom is -0.469 e. The lowest BCUT2D eigenvalue weighted by Crippen LogP contribution is -2.23. The highest BCUT2D eigenvalue weighted by molar-refractivity contribution is 7.13. The van der Waals surface area contributed by atoms with Crippen LogP contribution in [0.3, 0.4) is 0 Å². The van der Waals surface area contributed by atoms with Crippen molar-refractivity contribution in [3.63, 3.8) is 0 Å². The van der Waals surface area contributed by atoms with E-state index in [0.29, 0.717) is 17.8 Å². The average molecular weight is 321 g/mol. The van der Waals surface area contributed by atoms with E-state index in [2.05, 4.69) is 34.0 Å². The first kappa shape index (κ1) is 15.4. The Bertz CT molecular complexity index is 650. The molecule has 1 saturated heterocycles. The van der Waals surface area contributed by atoms with E-state index in [9.17, 15) is 0 Å². The van der Waals surface area contributed by atoms with Crippen molar-refractivity contribution >= 4 is 11.3 Å². The molecule has 0 bridgehead atoms. The average Bonchev–Trinajstić information content (AvgIpc) is 3.15. The maximum absolute atomic E-state index is 5.42. The third-order valence-electron chi connectivity index (χ3n) is 4.32. The predicted octanol–water partition coefficient (Wildman–Crippen LogP) is 2.62. The number of rotatable bonds is 5. The smallest absolute Gasteiger partial charge is 0.294 e. The Kier molecular flexibility index (Phi) is 4.44. The van der Waals surface area contributed by atoms with Gasteiger partial charge in [-0.15, -0.1) is 10.2 Å². The van der Waals surface area contributed by atoms with Crippen LogP contribution < -0.4 is 4.74 Å². The van der Waals surface area contributed by atoms with Crippen LogP contribution in [-0.2, 0) is 13.6 Å². The molecule has 6 nitrogen and oxygen atoms in total. The molecule has 0 aliphatic carbocycles. The summed E-state index contributed by atoms with van der Waals surface area (Å²) in [5.74, 6) is 0. The van der Waals surface area contributed by atoms with Crippen molar-refractivity contribution in [2.45, 2.75) is 46.2 Å². The largest absolute Gasteiger partial charge is 0.469 e. The highest BCUT2D eigenvalue weighted by Crippen LogP contribution is 2.36. The summed E-state index contributed by atoms with van der Waals surface area (Å²) in [5, 5.41) is 14.6. The van der Waals surface area contributed by atoms with Crippen molar-refractivity contribution in [3.05, 3.63) is 22.0 Å². The summed E-state index contributed by atoms with van der Waals surface area (Å²) in [6, 6.07) is 0.438. The van der Waals surface area contributed by atoms with Gasteiger partial charge in [0.2, 0.25) is 0 Å². The second-order valence-electron chi connectivity index (χ2n) is 5.73. The Morgan fingerprint density at radius 2 is 2.14 bits per heavy atom. The monoisotopic (exact) mass is 321 g/mol. The van der Waals surface area contributed by atoms with Gasteiger partial charge in [-0.2, -0.15) is 5.10 Å². The molecular formula is C15H23N5OS. The van der Waals surface area contributed by atoms with Gasteiger partial charge in [0.15, 0.2) is 0 Å². The van der Waals surface area contributed by atoms with E-state index in [-0.39, 0.29) is 0 Å². The molecular weight excluding hydrogens is 298 g/mol. The first-order chi connectivity index (χ1) is 10.6. The maximum Gasteiger partial charge on any atom is 0.294 e. The molecule has 0 aromatic carbocycles. The van der Waals surface area contributed by atoms with Gasteiger partial charge in [0.25, 0.3) is 5.19 Å². The van der Waals surface area contributed by atoms with E-state index in [1.54, 1.807) is 11.3 Å². The summed E-state index contributed by atoms with van der Waals surface area (Å²) >= 11 is 1.55. The molecule has 1 aliphatic heterocycles. The molecule has 7 heteroatoms. The number of likely N-dealkylation sites (tertiary alicyclic amines) is 1. The molecule has 0 amide bonds. The molecule has 2 aromatic heterocycles. The fraction of sp³-hybridized carbons (Fsp3) is 0.667. The van der Waals surface area contributed by atoms with E-state index >= 15 is 0 Å². The third kappa shape index (κ3) is 2.87. The summed E-state index contributed by atoms with van der Waals surface area (Å²) in [6.07, 6.45) is 2.40. The fourth-order valence-corrected chi connectivity index (χ4v) is 4.04. The van der Waals surface area contributed by atoms with Gasteiger partial charge in [-0.3, -0.25) is 9.58 Å². The van der Waals surface area contributed by atoms with Crippen LogP contribution in [0.25, 0.3) is 0 Å². The van der Waals surface area contributed by atoms with Gasteiger partial charge >= 0.3 is 0 Å². The lowest BCUT2D eigenvalue weighted by molar-refractivity contribution is 0.246. The molecule has 0 saturated carbocycles. The topological polar surface area (TPSA) is 56.1 Å². The quantitative estimate of drug-likeness (QED) is 0.847. The van der Waals surface area contributed by atoms with Gasteiger partial charge in [0, 0.05) is 24.3 Å². The highest BCUT2D eigenvalue weighted by atomic mass is 32.1. The molecule has 0 unspecified atom stereocenters. The SMILES string of the molecule is CCOc1nnc(CN2CCC[C@@H]2c2c(C)nn(C)c2C)s1. The molecule has 0 radical (unpaired) electrons. The molecule has 1 aliphatic rings. The standard InChI is InChI=1S/C15H23N5OS/c1-5-21-15-17-16-13(22-15)9-20-8-6-7-12(20)14-10(2)18-19(4)11(14)3/h12H,5-9H2,1-4H3/t12-/m1/s1. The van der Waals surface area contributed by atoms with E-state index in [1.807, 2.05) is 18.7 Å². The van der Waals surface area contributed by atoms with Crippen LogP contribution in [-0.4, -0.2) is 38.0 Å². The van der Waals surface area contributed by atoms with Gasteiger partial charge in [0.05, 0.1) is 18.8 Å². The molecule has 120 valence electrons. The second kappa shape index (κ2) is 6.34. The van der Waals surface area contributed by atoms with Crippen molar-refractivity contribution in [1.29, 1.82) is 0 Å². The number of hydrogen-bond acceptors (Lipinski definition) is 6. The van der Waals surface area contributed by atoms with Crippen molar-refractivity contribution in [2.75, 3.05) is 13.2 Å². The summed E-state index contributed by atoms with van der Waals surface area (Å²) in [5.41, 5.74) is 3.79. The zero-order valence-electron chi connectivity index (χ0n) is 13.7. The fourth-order valence-electron chi connectivity index (χ4n) is 3.27. The van der Waals surface area contributed by atoms with Gasteiger partial charge in [-0.1, -0.05) is 11.3 Å². The van der Waals surface area contributed by atoms with E-state index in [1.165, 1.54) is 24.1 Å². The summed E-state index contributed by atoms with van der Waals surface area (Å²) in [4.78, 5) is 2.49. The van der Waals surface area contributed by atoms with Crippen LogP contribution in [0.15, 0.2) is 0 Å². The van der Waals surface area contributed by atoms with E-state index < -0.39 is 0 Å². The normalized spacial score (nSPS) is 19.0. The maximum atomic E-state index is 5.42. The molecule has 3 heterocycles. The first-order valence-corrected chi connectivity index (χ1v) is 8.61. The first-order valence-electron chi connectivity index (χ1n) is 7.79. The Hall–Kier alpha value is -1.47. The Labute approximate surface area is 135 Å². The van der Waals surface area contributed by atoms with Crippen molar-refractivity contribution in [3.8, 4) is 5.19 Å². The molecule has 0 spiro atoms. The van der Waals surface area contributed by atoms with E-state index in [4.69, 9.17) is 4.74 Å². The Morgan fingerprint density at radius 3 is 2.82 bits per heavy atom. The highest BCUT2D eigenvalue weighted by Gasteiger charge is 2.31. The van der Waals surface area contributed by atoms with Crippen LogP contribution in [0.2, 0.25) is 0 Å². The summed E-state index contributed by atoms with van der Waals surface area (Å²) in [6.45, 7) is 8.80. The number of aryl methyl sites for hydroxylation is 2. The molecule has 3 rings (SSSR count). The zero-order chi connectivity index (χ0) is 15.7. The Morgan fingerprint density at radius 1 is 1.32 bits per heavy atom. The van der Waals surface area contributed by atoms with Gasteiger partial charge < -0.3 is 4.74 Å². The minimum atomic E-state index is 0.438. The van der Waals surface area contributed by atoms with Gasteiger partial charge in [0.1, 0.15) is 5.01 Å². The molecule has 22 heavy (non-hydrogen) atoms. The van der Waals surface area contributed by atoms with Crippen LogP contribution in [0.1, 0.15) is 47.8 Å². The second-order valence-corrected chi connectivity index (χ2v) is 6.76. The Balaban J connectivity index is 1.78. The molecule has 2 aromatic rings. The predicted molar refractivity (Wildman–Crippen MR) is 86.1 cm³/mol. The van der Waals surface area contributed by atoms with Crippen LogP contribution in [0.5, 0.6) is 5.19 Å². The molecule has 1 atom stereocenters. The van der Waals surface area contributed by atoms with Crippen molar-refractivity contribution in [1.82, 2.24) is 24.9 Å². The molecule has 0 N–H and O–H groups in total. The van der Waals surface area contributed by atoms with Gasteiger partial charge in [-0.25, -0.2) is 0 Å². The molecule has 1 fully saturated rings. The lowest BCUT2D eigenvalue weighted by Gasteiger charge is -2.23. The van der Waals surface area contributed by atoms with E-state index in [0.717, 1.165) is 23.8 Å². The van der Waals surface area contributed by atoms with Crippen molar-refractivity contribution in [2.24, 2.45) is 7.05 Å². The van der Waals surface area contributed by atoms with Crippen LogP contribution in [0, 0.1) is 13.8 Å². The van der Waals surface area contributed by atoms with Crippen LogP contribution in [0.4, 0.5) is 0 Å². The summed E-state index contributed by atoms with van der Waals surface area (Å²) < 4.78 is 7.40. The number of nitrogens with zero attached hydrogens (tertiary/aromatic N) is 5. The van der Waals surface area contributed by atoms with Gasteiger partial charge in [-0.05, 0) is 40.2 Å². The number of ether oxygens (including phenoxy) is 1. The zero-order valence-corrected chi connectivity index (χ0v) is 14.5. The third-order valence-corrected chi connectivity index (χ3v) is 5.14. The van der Waals surface area contributed by atoms with Crippen molar-refractivity contribution < 1.29 is 4.74 Å². The summed E-state index contributed by atoms with van der Waals surface area (Å²) in [7, 11) is 2.02. The number of aromatic nitrogens is 4. The number of hydrogen-bond donors (Lipinski definition) is 0.